The molecule has 0 radical (unpaired) electrons. The number of fused-ring (bicyclic) bond motifs is 1. The molecule has 3 rings (SSSR count). The number of imidazole rings is 1. The Kier molecular flexibility index (Phi) is 4.51. The molecule has 0 aliphatic carbocycles. The SMILES string of the molecule is O=S(CC(F)(F)F)c1ccccc1-c1nc2ncc(C(F)(F)F)cc2[nH]1. The minimum Gasteiger partial charge on any atom is -0.337 e. The van der Waals surface area contributed by atoms with Gasteiger partial charge in [-0.2, -0.15) is 26.3 Å². The van der Waals surface area contributed by atoms with E-state index in [9.17, 15) is 30.6 Å². The Bertz CT molecular complexity index is 979. The van der Waals surface area contributed by atoms with Crippen LogP contribution >= 0.6 is 0 Å². The lowest BCUT2D eigenvalue weighted by Crippen LogP contribution is -2.19. The number of H-pyrrole nitrogens is 1. The summed E-state index contributed by atoms with van der Waals surface area (Å²) in [6, 6.07) is 6.33. The van der Waals surface area contributed by atoms with Gasteiger partial charge in [0.1, 0.15) is 11.6 Å². The molecule has 0 saturated heterocycles. The number of rotatable bonds is 3. The summed E-state index contributed by atoms with van der Waals surface area (Å²) in [6.45, 7) is 0. The third-order valence-electron chi connectivity index (χ3n) is 3.35. The molecule has 2 aromatic heterocycles. The van der Waals surface area contributed by atoms with Crippen molar-refractivity contribution < 1.29 is 30.6 Å². The molecule has 11 heteroatoms. The van der Waals surface area contributed by atoms with Crippen LogP contribution in [0.3, 0.4) is 0 Å². The average molecular weight is 393 g/mol. The van der Waals surface area contributed by atoms with Gasteiger partial charge in [-0.15, -0.1) is 0 Å². The van der Waals surface area contributed by atoms with Crippen molar-refractivity contribution in [3.05, 3.63) is 42.1 Å². The second-order valence-corrected chi connectivity index (χ2v) is 6.70. The third kappa shape index (κ3) is 3.87. The fourth-order valence-corrected chi connectivity index (χ4v) is 3.36. The van der Waals surface area contributed by atoms with Crippen LogP contribution in [0.5, 0.6) is 0 Å². The second kappa shape index (κ2) is 6.38. The number of hydrogen-bond donors (Lipinski definition) is 1. The van der Waals surface area contributed by atoms with Gasteiger partial charge in [-0.05, 0) is 12.1 Å². The number of alkyl halides is 6. The molecule has 1 unspecified atom stereocenters. The van der Waals surface area contributed by atoms with E-state index < -0.39 is 34.5 Å². The fraction of sp³-hybridized carbons (Fsp3) is 0.200. The van der Waals surface area contributed by atoms with E-state index in [-0.39, 0.29) is 27.4 Å². The molecule has 0 amide bonds. The van der Waals surface area contributed by atoms with E-state index in [4.69, 9.17) is 0 Å². The third-order valence-corrected chi connectivity index (χ3v) is 4.78. The van der Waals surface area contributed by atoms with Crippen molar-refractivity contribution in [1.82, 2.24) is 15.0 Å². The highest BCUT2D eigenvalue weighted by Gasteiger charge is 2.33. The molecular formula is C15H9F6N3OS. The summed E-state index contributed by atoms with van der Waals surface area (Å²) < 4.78 is 87.8. The Hall–Kier alpha value is -2.43. The standard InChI is InChI=1S/C15H9F6N3OS/c16-14(17,18)7-26(25)11-4-2-1-3-9(11)12-23-10-5-8(15(19,20)21)6-22-13(10)24-12/h1-6H,7H2,(H,22,23,24). The van der Waals surface area contributed by atoms with Crippen molar-refractivity contribution in [3.63, 3.8) is 0 Å². The van der Waals surface area contributed by atoms with Gasteiger partial charge in [-0.1, -0.05) is 18.2 Å². The molecule has 1 aromatic carbocycles. The lowest BCUT2D eigenvalue weighted by atomic mass is 10.2. The first-order valence-electron chi connectivity index (χ1n) is 7.02. The fourth-order valence-electron chi connectivity index (χ4n) is 2.27. The number of pyridine rings is 1. The topological polar surface area (TPSA) is 58.6 Å². The van der Waals surface area contributed by atoms with Gasteiger partial charge in [0.05, 0.1) is 26.8 Å². The molecule has 0 fully saturated rings. The quantitative estimate of drug-likeness (QED) is 0.675. The molecule has 26 heavy (non-hydrogen) atoms. The molecule has 0 spiro atoms. The molecule has 138 valence electrons. The molecule has 3 aromatic rings. The molecule has 2 heterocycles. The summed E-state index contributed by atoms with van der Waals surface area (Å²) in [5, 5.41) is 0. The van der Waals surface area contributed by atoms with E-state index in [0.717, 1.165) is 6.07 Å². The van der Waals surface area contributed by atoms with Crippen LogP contribution in [0.1, 0.15) is 5.56 Å². The highest BCUT2D eigenvalue weighted by atomic mass is 32.2. The summed E-state index contributed by atoms with van der Waals surface area (Å²) in [4.78, 5) is 10.1. The first-order chi connectivity index (χ1) is 12.0. The Morgan fingerprint density at radius 3 is 2.42 bits per heavy atom. The van der Waals surface area contributed by atoms with Crippen molar-refractivity contribution in [3.8, 4) is 11.4 Å². The number of benzene rings is 1. The van der Waals surface area contributed by atoms with Crippen molar-refractivity contribution in [1.29, 1.82) is 0 Å². The largest absolute Gasteiger partial charge is 0.417 e. The Morgan fingerprint density at radius 1 is 1.08 bits per heavy atom. The van der Waals surface area contributed by atoms with Gasteiger partial charge >= 0.3 is 12.4 Å². The van der Waals surface area contributed by atoms with Crippen LogP contribution in [0.15, 0.2) is 41.4 Å². The maximum Gasteiger partial charge on any atom is 0.417 e. The Morgan fingerprint density at radius 2 is 1.77 bits per heavy atom. The molecule has 1 atom stereocenters. The summed E-state index contributed by atoms with van der Waals surface area (Å²) in [5.74, 6) is -1.56. The Balaban J connectivity index is 2.06. The predicted octanol–water partition coefficient (Wildman–Crippen LogP) is 4.31. The number of aromatic amines is 1. The van der Waals surface area contributed by atoms with Crippen molar-refractivity contribution in [2.24, 2.45) is 0 Å². The van der Waals surface area contributed by atoms with Gasteiger partial charge in [0.2, 0.25) is 0 Å². The van der Waals surface area contributed by atoms with Crippen LogP contribution in [-0.2, 0) is 17.0 Å². The van der Waals surface area contributed by atoms with Crippen molar-refractivity contribution in [2.45, 2.75) is 17.2 Å². The number of nitrogens with one attached hydrogen (secondary N) is 1. The van der Waals surface area contributed by atoms with E-state index in [0.29, 0.717) is 6.20 Å². The molecular weight excluding hydrogens is 384 g/mol. The average Bonchev–Trinajstić information content (AvgIpc) is 2.95. The smallest absolute Gasteiger partial charge is 0.337 e. The van der Waals surface area contributed by atoms with Crippen LogP contribution in [0, 0.1) is 0 Å². The minimum absolute atomic E-state index is 0.0158. The molecule has 0 aliphatic rings. The van der Waals surface area contributed by atoms with Crippen LogP contribution in [0.2, 0.25) is 0 Å². The highest BCUT2D eigenvalue weighted by molar-refractivity contribution is 7.85. The van der Waals surface area contributed by atoms with E-state index in [1.54, 1.807) is 0 Å². The number of hydrogen-bond acceptors (Lipinski definition) is 3. The maximum absolute atomic E-state index is 12.8. The lowest BCUT2D eigenvalue weighted by Gasteiger charge is -2.09. The van der Waals surface area contributed by atoms with E-state index in [1.807, 2.05) is 0 Å². The van der Waals surface area contributed by atoms with E-state index in [2.05, 4.69) is 15.0 Å². The molecule has 0 saturated carbocycles. The summed E-state index contributed by atoms with van der Waals surface area (Å²) in [6.07, 6.45) is -8.62. The summed E-state index contributed by atoms with van der Waals surface area (Å²) in [7, 11) is -2.39. The monoisotopic (exact) mass is 393 g/mol. The van der Waals surface area contributed by atoms with Gasteiger partial charge in [0, 0.05) is 11.8 Å². The normalized spacial score (nSPS) is 13.9. The molecule has 0 aliphatic heterocycles. The van der Waals surface area contributed by atoms with E-state index >= 15 is 0 Å². The van der Waals surface area contributed by atoms with Gasteiger partial charge in [0.25, 0.3) is 0 Å². The minimum atomic E-state index is -4.63. The zero-order valence-corrected chi connectivity index (χ0v) is 13.5. The zero-order valence-electron chi connectivity index (χ0n) is 12.6. The van der Waals surface area contributed by atoms with E-state index in [1.165, 1.54) is 24.3 Å². The highest BCUT2D eigenvalue weighted by Crippen LogP contribution is 2.32. The molecule has 0 bridgehead atoms. The first kappa shape index (κ1) is 18.4. The van der Waals surface area contributed by atoms with Crippen LogP contribution in [0.25, 0.3) is 22.6 Å². The number of halogens is 6. The lowest BCUT2D eigenvalue weighted by molar-refractivity contribution is -0.137. The predicted molar refractivity (Wildman–Crippen MR) is 81.7 cm³/mol. The van der Waals surface area contributed by atoms with Gasteiger partial charge in [-0.3, -0.25) is 4.21 Å². The molecule has 1 N–H and O–H groups in total. The molecule has 4 nitrogen and oxygen atoms in total. The van der Waals surface area contributed by atoms with Crippen LogP contribution in [-0.4, -0.2) is 31.1 Å². The first-order valence-corrected chi connectivity index (χ1v) is 8.34. The van der Waals surface area contributed by atoms with Gasteiger partial charge in [0.15, 0.2) is 5.65 Å². The number of aromatic nitrogens is 3. The second-order valence-electron chi connectivity index (χ2n) is 5.28. The van der Waals surface area contributed by atoms with Crippen molar-refractivity contribution in [2.75, 3.05) is 5.75 Å². The van der Waals surface area contributed by atoms with Gasteiger partial charge in [-0.25, -0.2) is 9.97 Å². The summed E-state index contributed by atoms with van der Waals surface area (Å²) >= 11 is 0. The maximum atomic E-state index is 12.8. The summed E-state index contributed by atoms with van der Waals surface area (Å²) in [5.41, 5.74) is -0.966. The van der Waals surface area contributed by atoms with Gasteiger partial charge < -0.3 is 4.98 Å². The number of nitrogens with zero attached hydrogens (tertiary/aromatic N) is 2. The van der Waals surface area contributed by atoms with Crippen LogP contribution < -0.4 is 0 Å². The van der Waals surface area contributed by atoms with Crippen LogP contribution in [0.4, 0.5) is 26.3 Å². The Labute approximate surface area is 144 Å². The zero-order chi connectivity index (χ0) is 19.1. The van der Waals surface area contributed by atoms with Crippen molar-refractivity contribution >= 4 is 22.0 Å².